The minimum atomic E-state index is -3.64. The van der Waals surface area contributed by atoms with Gasteiger partial charge in [-0.3, -0.25) is 0 Å². The summed E-state index contributed by atoms with van der Waals surface area (Å²) in [6.07, 6.45) is 1.28. The predicted octanol–water partition coefficient (Wildman–Crippen LogP) is 8.07. The van der Waals surface area contributed by atoms with E-state index in [1.54, 1.807) is 17.4 Å². The van der Waals surface area contributed by atoms with Crippen LogP contribution in [0.2, 0.25) is 5.02 Å². The quantitative estimate of drug-likeness (QED) is 0.244. The third kappa shape index (κ3) is 5.50. The van der Waals surface area contributed by atoms with Crippen molar-refractivity contribution in [3.63, 3.8) is 0 Å². The Labute approximate surface area is 217 Å². The minimum Gasteiger partial charge on any atom is -0.491 e. The zero-order valence-electron chi connectivity index (χ0n) is 20.8. The van der Waals surface area contributed by atoms with Crippen LogP contribution in [0.25, 0.3) is 10.1 Å². The first-order valence-corrected chi connectivity index (χ1v) is 14.5. The number of ether oxygens (including phenoxy) is 1. The summed E-state index contributed by atoms with van der Waals surface area (Å²) in [5.41, 5.74) is 3.69. The van der Waals surface area contributed by atoms with Crippen molar-refractivity contribution in [2.45, 2.75) is 46.1 Å². The number of benzene rings is 3. The van der Waals surface area contributed by atoms with E-state index in [0.29, 0.717) is 16.4 Å². The van der Waals surface area contributed by atoms with Gasteiger partial charge in [0, 0.05) is 15.1 Å². The van der Waals surface area contributed by atoms with Crippen molar-refractivity contribution >= 4 is 54.4 Å². The molecular weight excluding hydrogens is 498 g/mol. The molecule has 4 rings (SSSR count). The number of nitrogens with zero attached hydrogens (tertiary/aromatic N) is 1. The van der Waals surface area contributed by atoms with Crippen LogP contribution >= 0.6 is 22.9 Å². The highest BCUT2D eigenvalue weighted by molar-refractivity contribution is 7.92. The van der Waals surface area contributed by atoms with Gasteiger partial charge in [-0.2, -0.15) is 0 Å². The molecule has 1 heterocycles. The number of hydrogen-bond donors (Lipinski definition) is 0. The van der Waals surface area contributed by atoms with Gasteiger partial charge >= 0.3 is 0 Å². The van der Waals surface area contributed by atoms with Gasteiger partial charge in [-0.25, -0.2) is 12.7 Å². The molecule has 1 aromatic heterocycles. The normalized spacial score (nSPS) is 12.3. The van der Waals surface area contributed by atoms with Gasteiger partial charge in [0.25, 0.3) is 0 Å². The standard InChI is InChI=1S/C28H30ClNO3S2/c1-18(2)33-26-12-19(3)11-21(16-26)28(4,5)22-14-23(29)17-25(15-22)30(35(6,31)32)24-7-8-27-20(13-24)9-10-34-27/h7-18H,1-6H3. The zero-order valence-corrected chi connectivity index (χ0v) is 23.2. The molecular formula is C28H30ClNO3S2. The maximum atomic E-state index is 13.0. The first-order chi connectivity index (χ1) is 16.3. The van der Waals surface area contributed by atoms with E-state index in [2.05, 4.69) is 19.9 Å². The van der Waals surface area contributed by atoms with E-state index >= 15 is 0 Å². The predicted molar refractivity (Wildman–Crippen MR) is 149 cm³/mol. The lowest BCUT2D eigenvalue weighted by Crippen LogP contribution is -2.26. The van der Waals surface area contributed by atoms with E-state index in [-0.39, 0.29) is 6.10 Å². The van der Waals surface area contributed by atoms with E-state index in [0.717, 1.165) is 32.5 Å². The second kappa shape index (κ2) is 9.49. The van der Waals surface area contributed by atoms with Crippen LogP contribution in [0.5, 0.6) is 5.75 Å². The van der Waals surface area contributed by atoms with Crippen LogP contribution < -0.4 is 9.04 Å². The third-order valence-electron chi connectivity index (χ3n) is 5.99. The van der Waals surface area contributed by atoms with Gasteiger partial charge in [-0.05, 0) is 103 Å². The van der Waals surface area contributed by atoms with E-state index in [9.17, 15) is 8.42 Å². The molecule has 0 radical (unpaired) electrons. The van der Waals surface area contributed by atoms with Gasteiger partial charge in [0.2, 0.25) is 10.0 Å². The lowest BCUT2D eigenvalue weighted by atomic mass is 9.77. The first-order valence-electron chi connectivity index (χ1n) is 11.4. The summed E-state index contributed by atoms with van der Waals surface area (Å²) in [7, 11) is -3.64. The monoisotopic (exact) mass is 527 g/mol. The van der Waals surface area contributed by atoms with Crippen molar-refractivity contribution in [2.24, 2.45) is 0 Å². The Morgan fingerprint density at radius 2 is 1.66 bits per heavy atom. The highest BCUT2D eigenvalue weighted by Crippen LogP contribution is 2.40. The highest BCUT2D eigenvalue weighted by atomic mass is 35.5. The van der Waals surface area contributed by atoms with E-state index < -0.39 is 15.4 Å². The number of halogens is 1. The Morgan fingerprint density at radius 1 is 0.943 bits per heavy atom. The molecule has 4 nitrogen and oxygen atoms in total. The number of hydrogen-bond acceptors (Lipinski definition) is 4. The summed E-state index contributed by atoms with van der Waals surface area (Å²) < 4.78 is 34.5. The van der Waals surface area contributed by atoms with Crippen LogP contribution in [0.4, 0.5) is 11.4 Å². The Bertz CT molecular complexity index is 1490. The molecule has 184 valence electrons. The number of rotatable bonds is 7. The lowest BCUT2D eigenvalue weighted by molar-refractivity contribution is 0.242. The maximum absolute atomic E-state index is 13.0. The third-order valence-corrected chi connectivity index (χ3v) is 8.19. The molecule has 0 atom stereocenters. The van der Waals surface area contributed by atoms with Gasteiger partial charge in [-0.1, -0.05) is 31.5 Å². The number of thiophene rings is 1. The molecule has 0 unspecified atom stereocenters. The smallest absolute Gasteiger partial charge is 0.236 e. The lowest BCUT2D eigenvalue weighted by Gasteiger charge is -2.30. The van der Waals surface area contributed by atoms with Crippen molar-refractivity contribution in [1.29, 1.82) is 0 Å². The fourth-order valence-corrected chi connectivity index (χ4v) is 6.27. The van der Waals surface area contributed by atoms with Gasteiger partial charge in [0.1, 0.15) is 5.75 Å². The van der Waals surface area contributed by atoms with E-state index in [1.165, 1.54) is 10.6 Å². The molecule has 0 amide bonds. The van der Waals surface area contributed by atoms with Crippen molar-refractivity contribution in [3.8, 4) is 5.75 Å². The largest absolute Gasteiger partial charge is 0.491 e. The molecule has 4 aromatic rings. The summed E-state index contributed by atoms with van der Waals surface area (Å²) in [5.74, 6) is 0.812. The Hall–Kier alpha value is -2.54. The maximum Gasteiger partial charge on any atom is 0.236 e. The van der Waals surface area contributed by atoms with Gasteiger partial charge < -0.3 is 4.74 Å². The zero-order chi connectivity index (χ0) is 25.5. The minimum absolute atomic E-state index is 0.0643. The van der Waals surface area contributed by atoms with Crippen LogP contribution in [-0.2, 0) is 15.4 Å². The van der Waals surface area contributed by atoms with E-state index in [4.69, 9.17) is 16.3 Å². The number of fused-ring (bicyclic) bond motifs is 1. The molecule has 0 fully saturated rings. The number of aryl methyl sites for hydroxylation is 1. The molecule has 0 aliphatic rings. The average Bonchev–Trinajstić information content (AvgIpc) is 3.19. The fraction of sp³-hybridized carbons (Fsp3) is 0.286. The second-order valence-electron chi connectivity index (χ2n) is 9.69. The summed E-state index contributed by atoms with van der Waals surface area (Å²) in [4.78, 5) is 0. The van der Waals surface area contributed by atoms with Crippen LogP contribution in [0.15, 0.2) is 66.0 Å². The Balaban J connectivity index is 1.84. The SMILES string of the molecule is Cc1cc(OC(C)C)cc(C(C)(C)c2cc(Cl)cc(N(c3ccc4sccc4c3)S(C)(=O)=O)c2)c1. The van der Waals surface area contributed by atoms with Crippen LogP contribution in [0.3, 0.4) is 0 Å². The molecule has 0 aliphatic heterocycles. The van der Waals surface area contributed by atoms with Gasteiger partial charge in [0.05, 0.1) is 23.7 Å². The summed E-state index contributed by atoms with van der Waals surface area (Å²) >= 11 is 8.21. The summed E-state index contributed by atoms with van der Waals surface area (Å²) in [5, 5.41) is 3.47. The molecule has 0 spiro atoms. The molecule has 3 aromatic carbocycles. The van der Waals surface area contributed by atoms with Crippen molar-refractivity contribution in [1.82, 2.24) is 0 Å². The van der Waals surface area contributed by atoms with E-state index in [1.807, 2.05) is 74.7 Å². The topological polar surface area (TPSA) is 46.6 Å². The van der Waals surface area contributed by atoms with Crippen LogP contribution in [-0.4, -0.2) is 20.8 Å². The summed E-state index contributed by atoms with van der Waals surface area (Å²) in [6.45, 7) is 10.3. The highest BCUT2D eigenvalue weighted by Gasteiger charge is 2.28. The molecule has 0 saturated carbocycles. The van der Waals surface area contributed by atoms with Gasteiger partial charge in [0.15, 0.2) is 0 Å². The van der Waals surface area contributed by atoms with Crippen molar-refractivity contribution in [3.05, 3.63) is 87.8 Å². The number of sulfonamides is 1. The van der Waals surface area contributed by atoms with Crippen molar-refractivity contribution in [2.75, 3.05) is 10.6 Å². The molecule has 7 heteroatoms. The fourth-order valence-electron chi connectivity index (χ4n) is 4.28. The Kier molecular flexibility index (Phi) is 6.93. The number of anilines is 2. The average molecular weight is 528 g/mol. The molecule has 0 bridgehead atoms. The summed E-state index contributed by atoms with van der Waals surface area (Å²) in [6, 6.07) is 19.4. The second-order valence-corrected chi connectivity index (χ2v) is 12.9. The molecule has 0 N–H and O–H groups in total. The van der Waals surface area contributed by atoms with Crippen LogP contribution in [0, 0.1) is 6.92 Å². The molecule has 0 aliphatic carbocycles. The van der Waals surface area contributed by atoms with Crippen molar-refractivity contribution < 1.29 is 13.2 Å². The van der Waals surface area contributed by atoms with Gasteiger partial charge in [-0.15, -0.1) is 11.3 Å². The Morgan fingerprint density at radius 3 is 2.34 bits per heavy atom. The first kappa shape index (κ1) is 25.5. The molecule has 35 heavy (non-hydrogen) atoms. The van der Waals surface area contributed by atoms with Crippen LogP contribution in [0.1, 0.15) is 44.4 Å². The molecule has 0 saturated heterocycles.